The number of phenolic OH excluding ortho intramolecular Hbond substituents is 1. The van der Waals surface area contributed by atoms with Gasteiger partial charge in [-0.05, 0) is 40.1 Å². The summed E-state index contributed by atoms with van der Waals surface area (Å²) in [6.45, 7) is 2.60. The molecular formula is C15H19BrO3. The van der Waals surface area contributed by atoms with Crippen molar-refractivity contribution in [3.8, 4) is 5.75 Å². The van der Waals surface area contributed by atoms with E-state index in [1.807, 2.05) is 0 Å². The standard InChI is InChI=1S/C15H19BrO3/c1-2-3-4-5-11-19-14(18)10-9-12-7-6-8-13(17)15(12)16/h6-10,17H,2-5,11H2,1H3/b10-9+. The first-order valence-electron chi connectivity index (χ1n) is 6.47. The summed E-state index contributed by atoms with van der Waals surface area (Å²) < 4.78 is 5.65. The fourth-order valence-electron chi connectivity index (χ4n) is 1.57. The van der Waals surface area contributed by atoms with Crippen LogP contribution in [0.25, 0.3) is 6.08 Å². The Kier molecular flexibility index (Phi) is 7.26. The highest BCUT2D eigenvalue weighted by molar-refractivity contribution is 9.10. The highest BCUT2D eigenvalue weighted by atomic mass is 79.9. The van der Waals surface area contributed by atoms with E-state index >= 15 is 0 Å². The topological polar surface area (TPSA) is 46.5 Å². The summed E-state index contributed by atoms with van der Waals surface area (Å²) >= 11 is 3.26. The lowest BCUT2D eigenvalue weighted by Gasteiger charge is -2.02. The molecule has 0 saturated heterocycles. The van der Waals surface area contributed by atoms with Crippen LogP contribution in [0.1, 0.15) is 38.2 Å². The second kappa shape index (κ2) is 8.75. The third kappa shape index (κ3) is 5.92. The molecule has 4 heteroatoms. The van der Waals surface area contributed by atoms with Crippen molar-refractivity contribution in [3.63, 3.8) is 0 Å². The van der Waals surface area contributed by atoms with Crippen molar-refractivity contribution < 1.29 is 14.6 Å². The monoisotopic (exact) mass is 326 g/mol. The molecule has 0 saturated carbocycles. The van der Waals surface area contributed by atoms with E-state index in [0.717, 1.165) is 18.4 Å². The molecule has 0 radical (unpaired) electrons. The van der Waals surface area contributed by atoms with Crippen molar-refractivity contribution in [3.05, 3.63) is 34.3 Å². The minimum absolute atomic E-state index is 0.148. The lowest BCUT2D eigenvalue weighted by Crippen LogP contribution is -2.02. The van der Waals surface area contributed by atoms with E-state index < -0.39 is 0 Å². The van der Waals surface area contributed by atoms with Crippen LogP contribution >= 0.6 is 15.9 Å². The number of carbonyl (C=O) groups excluding carboxylic acids is 1. The van der Waals surface area contributed by atoms with Crippen LogP contribution < -0.4 is 0 Å². The molecule has 1 N–H and O–H groups in total. The molecule has 0 aliphatic carbocycles. The number of halogens is 1. The quantitative estimate of drug-likeness (QED) is 0.462. The maximum absolute atomic E-state index is 11.5. The third-order valence-electron chi connectivity index (χ3n) is 2.65. The number of hydrogen-bond acceptors (Lipinski definition) is 3. The summed E-state index contributed by atoms with van der Waals surface area (Å²) in [7, 11) is 0. The number of hydrogen-bond donors (Lipinski definition) is 1. The smallest absolute Gasteiger partial charge is 0.330 e. The lowest BCUT2D eigenvalue weighted by molar-refractivity contribution is -0.137. The molecule has 0 amide bonds. The molecule has 0 aliphatic rings. The van der Waals surface area contributed by atoms with Gasteiger partial charge in [0.25, 0.3) is 0 Å². The van der Waals surface area contributed by atoms with Gasteiger partial charge in [0.2, 0.25) is 0 Å². The Balaban J connectivity index is 2.39. The molecule has 0 aromatic heterocycles. The molecule has 0 heterocycles. The SMILES string of the molecule is CCCCCCOC(=O)/C=C/c1cccc(O)c1Br. The Hall–Kier alpha value is -1.29. The summed E-state index contributed by atoms with van der Waals surface area (Å²) in [5.41, 5.74) is 0.739. The van der Waals surface area contributed by atoms with E-state index in [2.05, 4.69) is 22.9 Å². The van der Waals surface area contributed by atoms with Crippen molar-refractivity contribution >= 4 is 28.0 Å². The first kappa shape index (κ1) is 15.8. The van der Waals surface area contributed by atoms with Gasteiger partial charge in [-0.25, -0.2) is 4.79 Å². The molecule has 0 unspecified atom stereocenters. The maximum Gasteiger partial charge on any atom is 0.330 e. The summed E-state index contributed by atoms with van der Waals surface area (Å²) in [5, 5.41) is 9.49. The van der Waals surface area contributed by atoms with Crippen LogP contribution in [0.3, 0.4) is 0 Å². The first-order valence-corrected chi connectivity index (χ1v) is 7.26. The molecule has 0 atom stereocenters. The largest absolute Gasteiger partial charge is 0.507 e. The number of unbranched alkanes of at least 4 members (excludes halogenated alkanes) is 3. The Morgan fingerprint density at radius 3 is 2.89 bits per heavy atom. The maximum atomic E-state index is 11.5. The molecule has 1 aromatic rings. The van der Waals surface area contributed by atoms with Crippen LogP contribution in [-0.4, -0.2) is 17.7 Å². The molecular weight excluding hydrogens is 308 g/mol. The highest BCUT2D eigenvalue weighted by Crippen LogP contribution is 2.27. The fraction of sp³-hybridized carbons (Fsp3) is 0.400. The van der Waals surface area contributed by atoms with Crippen LogP contribution in [0.2, 0.25) is 0 Å². The van der Waals surface area contributed by atoms with Gasteiger partial charge in [-0.1, -0.05) is 38.3 Å². The number of aromatic hydroxyl groups is 1. The molecule has 0 bridgehead atoms. The average molecular weight is 327 g/mol. The minimum atomic E-state index is -0.355. The molecule has 3 nitrogen and oxygen atoms in total. The van der Waals surface area contributed by atoms with Crippen LogP contribution in [-0.2, 0) is 9.53 Å². The molecule has 19 heavy (non-hydrogen) atoms. The number of esters is 1. The summed E-state index contributed by atoms with van der Waals surface area (Å²) in [5.74, 6) is -0.207. The van der Waals surface area contributed by atoms with E-state index in [9.17, 15) is 9.90 Å². The zero-order chi connectivity index (χ0) is 14.1. The summed E-state index contributed by atoms with van der Waals surface area (Å²) in [6.07, 6.45) is 7.33. The third-order valence-corrected chi connectivity index (χ3v) is 3.51. The summed E-state index contributed by atoms with van der Waals surface area (Å²) in [4.78, 5) is 11.5. The minimum Gasteiger partial charge on any atom is -0.507 e. The van der Waals surface area contributed by atoms with Gasteiger partial charge in [0.15, 0.2) is 0 Å². The number of carbonyl (C=O) groups is 1. The van der Waals surface area contributed by atoms with E-state index in [4.69, 9.17) is 4.74 Å². The second-order valence-corrected chi connectivity index (χ2v) is 5.03. The Morgan fingerprint density at radius 2 is 2.16 bits per heavy atom. The van der Waals surface area contributed by atoms with Gasteiger partial charge in [-0.15, -0.1) is 0 Å². The van der Waals surface area contributed by atoms with Gasteiger partial charge in [-0.3, -0.25) is 0 Å². The van der Waals surface area contributed by atoms with Crippen molar-refractivity contribution in [2.75, 3.05) is 6.61 Å². The van der Waals surface area contributed by atoms with Gasteiger partial charge < -0.3 is 9.84 Å². The highest BCUT2D eigenvalue weighted by Gasteiger charge is 2.02. The lowest BCUT2D eigenvalue weighted by atomic mass is 10.2. The van der Waals surface area contributed by atoms with Gasteiger partial charge in [0, 0.05) is 6.08 Å². The number of phenols is 1. The zero-order valence-corrected chi connectivity index (χ0v) is 12.6. The van der Waals surface area contributed by atoms with E-state index in [1.54, 1.807) is 24.3 Å². The van der Waals surface area contributed by atoms with E-state index in [1.165, 1.54) is 18.9 Å². The molecule has 0 fully saturated rings. The normalized spacial score (nSPS) is 10.8. The van der Waals surface area contributed by atoms with Gasteiger partial charge in [0.05, 0.1) is 11.1 Å². The predicted octanol–water partition coefficient (Wildman–Crippen LogP) is 4.29. The Morgan fingerprint density at radius 1 is 1.37 bits per heavy atom. The molecule has 1 rings (SSSR count). The summed E-state index contributed by atoms with van der Waals surface area (Å²) in [6, 6.07) is 5.10. The Bertz CT molecular complexity index is 441. The van der Waals surface area contributed by atoms with Crippen LogP contribution in [0.4, 0.5) is 0 Å². The van der Waals surface area contributed by atoms with Crippen LogP contribution in [0.15, 0.2) is 28.7 Å². The van der Waals surface area contributed by atoms with Crippen molar-refractivity contribution in [2.45, 2.75) is 32.6 Å². The predicted molar refractivity (Wildman–Crippen MR) is 79.9 cm³/mol. The van der Waals surface area contributed by atoms with E-state index in [-0.39, 0.29) is 11.7 Å². The average Bonchev–Trinajstić information content (AvgIpc) is 2.40. The number of rotatable bonds is 7. The second-order valence-electron chi connectivity index (χ2n) is 4.24. The van der Waals surface area contributed by atoms with Crippen molar-refractivity contribution in [1.82, 2.24) is 0 Å². The fourth-order valence-corrected chi connectivity index (χ4v) is 1.97. The van der Waals surface area contributed by atoms with Gasteiger partial charge in [0.1, 0.15) is 5.75 Å². The number of benzene rings is 1. The van der Waals surface area contributed by atoms with Crippen LogP contribution in [0.5, 0.6) is 5.75 Å². The molecule has 0 aliphatic heterocycles. The molecule has 0 spiro atoms. The first-order chi connectivity index (χ1) is 9.15. The Labute approximate surface area is 122 Å². The van der Waals surface area contributed by atoms with Crippen molar-refractivity contribution in [1.29, 1.82) is 0 Å². The molecule has 1 aromatic carbocycles. The van der Waals surface area contributed by atoms with Crippen LogP contribution in [0, 0.1) is 0 Å². The van der Waals surface area contributed by atoms with Crippen molar-refractivity contribution in [2.24, 2.45) is 0 Å². The number of ether oxygens (including phenoxy) is 1. The zero-order valence-electron chi connectivity index (χ0n) is 11.1. The molecule has 104 valence electrons. The van der Waals surface area contributed by atoms with E-state index in [0.29, 0.717) is 11.1 Å². The van der Waals surface area contributed by atoms with Gasteiger partial charge >= 0.3 is 5.97 Å². The van der Waals surface area contributed by atoms with Gasteiger partial charge in [-0.2, -0.15) is 0 Å².